The second-order valence-electron chi connectivity index (χ2n) is 14.4. The maximum Gasteiger partial charge on any atom is 0.305 e. The van der Waals surface area contributed by atoms with Gasteiger partial charge < -0.3 is 45.3 Å². The minimum absolute atomic E-state index is 0.0784. The molecule has 4 atom stereocenters. The van der Waals surface area contributed by atoms with Crippen LogP contribution in [0.2, 0.25) is 0 Å². The number of anilines is 2. The van der Waals surface area contributed by atoms with E-state index in [1.165, 1.54) is 29.5 Å². The van der Waals surface area contributed by atoms with Gasteiger partial charge in [-0.1, -0.05) is 18.2 Å². The van der Waals surface area contributed by atoms with Gasteiger partial charge in [0.2, 0.25) is 5.91 Å². The van der Waals surface area contributed by atoms with E-state index in [0.717, 1.165) is 10.5 Å². The highest BCUT2D eigenvalue weighted by Crippen LogP contribution is 2.45. The molecular formula is C40H49N7O10S2. The van der Waals surface area contributed by atoms with Crippen molar-refractivity contribution in [3.63, 3.8) is 0 Å². The molecule has 0 bridgehead atoms. The van der Waals surface area contributed by atoms with Gasteiger partial charge in [-0.05, 0) is 44.5 Å². The number of thiazole rings is 1. The number of amides is 2. The molecule has 1 aliphatic heterocycles. The Morgan fingerprint density at radius 2 is 1.85 bits per heavy atom. The molecule has 6 rings (SSSR count). The van der Waals surface area contributed by atoms with E-state index in [4.69, 9.17) is 34.0 Å². The summed E-state index contributed by atoms with van der Waals surface area (Å²) in [5, 5.41) is 24.5. The van der Waals surface area contributed by atoms with E-state index in [9.17, 15) is 22.8 Å². The quantitative estimate of drug-likeness (QED) is 0.0489. The van der Waals surface area contributed by atoms with E-state index in [1.807, 2.05) is 43.5 Å². The molecule has 2 amide bonds. The number of sulfonamides is 1. The topological polar surface area (TPSA) is 228 Å². The fourth-order valence-corrected chi connectivity index (χ4v) is 8.68. The molecule has 316 valence electrons. The molecule has 1 saturated heterocycles. The zero-order valence-electron chi connectivity index (χ0n) is 33.0. The Balaban J connectivity index is 1.08. The van der Waals surface area contributed by atoms with Crippen molar-refractivity contribution in [2.24, 2.45) is 5.92 Å². The lowest BCUT2D eigenvalue weighted by molar-refractivity contribution is -0.138. The number of nitrogens with one attached hydrogen (secondary N) is 5. The van der Waals surface area contributed by atoms with Gasteiger partial charge in [0.15, 0.2) is 5.13 Å². The normalized spacial score (nSPS) is 19.9. The number of methoxy groups -OCH3 is 1. The van der Waals surface area contributed by atoms with E-state index in [2.05, 4.69) is 32.6 Å². The van der Waals surface area contributed by atoms with Crippen molar-refractivity contribution in [3.05, 3.63) is 66.6 Å². The Morgan fingerprint density at radius 1 is 1.07 bits per heavy atom. The number of fused-ring (bicyclic) bond motifs is 1. The number of carbonyl (C=O) groups excluding carboxylic acids is 2. The molecule has 6 N–H and O–H groups in total. The maximum atomic E-state index is 13.8. The summed E-state index contributed by atoms with van der Waals surface area (Å²) in [6.07, 6.45) is 1.45. The highest BCUT2D eigenvalue weighted by Gasteiger charge is 2.61. The molecule has 2 fully saturated rings. The van der Waals surface area contributed by atoms with Gasteiger partial charge in [0.1, 0.15) is 33.7 Å². The molecule has 59 heavy (non-hydrogen) atoms. The van der Waals surface area contributed by atoms with Crippen LogP contribution < -0.4 is 35.5 Å². The Morgan fingerprint density at radius 3 is 2.58 bits per heavy atom. The molecule has 17 nitrogen and oxygen atoms in total. The molecule has 3 heterocycles. The summed E-state index contributed by atoms with van der Waals surface area (Å²) in [5.41, 5.74) is 0.680. The van der Waals surface area contributed by atoms with E-state index in [-0.39, 0.29) is 68.9 Å². The molecule has 0 spiro atoms. The third-order valence-corrected chi connectivity index (χ3v) is 11.9. The number of hydrogen-bond acceptors (Lipinski definition) is 15. The van der Waals surface area contributed by atoms with Crippen molar-refractivity contribution in [2.45, 2.75) is 61.7 Å². The summed E-state index contributed by atoms with van der Waals surface area (Å²) < 4.78 is 52.1. The number of hydrogen-bond donors (Lipinski definition) is 6. The Labute approximate surface area is 346 Å². The van der Waals surface area contributed by atoms with Crippen LogP contribution in [-0.2, 0) is 33.9 Å². The number of nitrogens with zero attached hydrogens (tertiary/aromatic N) is 2. The van der Waals surface area contributed by atoms with Crippen LogP contribution in [0, 0.1) is 5.92 Å². The SMILES string of the molecule is C=CC1CC1(NC(=O)C1CC(Oc2cc(-c3csc(NC(C)C)n3)nc3cc(OC)ccc23)CN1)C(=O)NS(=O)(=O)c1ccccc1NCCOCCOCCC(=O)O. The number of aromatic nitrogens is 2. The van der Waals surface area contributed by atoms with Gasteiger partial charge in [-0.2, -0.15) is 0 Å². The highest BCUT2D eigenvalue weighted by molar-refractivity contribution is 7.90. The molecule has 1 saturated carbocycles. The Bertz CT molecular complexity index is 2270. The second kappa shape index (κ2) is 19.2. The summed E-state index contributed by atoms with van der Waals surface area (Å²) >= 11 is 1.48. The average molecular weight is 852 g/mol. The summed E-state index contributed by atoms with van der Waals surface area (Å²) in [7, 11) is -2.81. The fraction of sp³-hybridized carbons (Fsp3) is 0.425. The highest BCUT2D eigenvalue weighted by atomic mass is 32.2. The van der Waals surface area contributed by atoms with Crippen molar-refractivity contribution in [3.8, 4) is 22.9 Å². The number of ether oxygens (including phenoxy) is 4. The van der Waals surface area contributed by atoms with Crippen molar-refractivity contribution in [1.29, 1.82) is 0 Å². The van der Waals surface area contributed by atoms with Gasteiger partial charge in [-0.15, -0.1) is 17.9 Å². The van der Waals surface area contributed by atoms with Gasteiger partial charge in [-0.3, -0.25) is 14.4 Å². The van der Waals surface area contributed by atoms with Gasteiger partial charge in [0.25, 0.3) is 15.9 Å². The van der Waals surface area contributed by atoms with Crippen LogP contribution in [0.4, 0.5) is 10.8 Å². The third kappa shape index (κ3) is 10.8. The largest absolute Gasteiger partial charge is 0.497 e. The lowest BCUT2D eigenvalue weighted by atomic mass is 10.1. The number of pyridine rings is 1. The number of benzene rings is 2. The molecule has 19 heteroatoms. The molecule has 4 aromatic rings. The first-order valence-corrected chi connectivity index (χ1v) is 21.5. The summed E-state index contributed by atoms with van der Waals surface area (Å²) in [6, 6.07) is 12.9. The first kappa shape index (κ1) is 43.2. The zero-order chi connectivity index (χ0) is 42.2. The molecule has 1 aliphatic carbocycles. The average Bonchev–Trinajstić information content (AvgIpc) is 3.45. The summed E-state index contributed by atoms with van der Waals surface area (Å²) in [4.78, 5) is 47.5. The van der Waals surface area contributed by atoms with E-state index in [1.54, 1.807) is 19.2 Å². The molecule has 4 unspecified atom stereocenters. The molecule has 2 aliphatic rings. The monoisotopic (exact) mass is 851 g/mol. The van der Waals surface area contributed by atoms with Gasteiger partial charge in [0.05, 0.1) is 62.9 Å². The minimum atomic E-state index is -4.39. The second-order valence-corrected chi connectivity index (χ2v) is 16.9. The summed E-state index contributed by atoms with van der Waals surface area (Å²) in [5.74, 6) is -1.59. The van der Waals surface area contributed by atoms with Crippen molar-refractivity contribution in [2.75, 3.05) is 57.3 Å². The van der Waals surface area contributed by atoms with Gasteiger partial charge in [0, 0.05) is 54.4 Å². The minimum Gasteiger partial charge on any atom is -0.497 e. The zero-order valence-corrected chi connectivity index (χ0v) is 34.6. The van der Waals surface area contributed by atoms with Crippen LogP contribution >= 0.6 is 11.3 Å². The number of aliphatic carboxylic acids is 1. The lowest BCUT2D eigenvalue weighted by Gasteiger charge is -2.21. The van der Waals surface area contributed by atoms with Crippen LogP contribution in [0.1, 0.15) is 33.1 Å². The van der Waals surface area contributed by atoms with Crippen LogP contribution in [-0.4, -0.2) is 112 Å². The standard InChI is InChI=1S/C40H49N7O10S2/c1-5-25-21-40(25,38(51)47-59(52,53)35-9-7-6-8-29(35)41-13-15-56-17-16-55-14-12-36(48)49)46-37(50)32-19-27(22-42-32)57-34-20-31(33-23-58-39(45-33)43-24(2)3)44-30-18-26(54-4)10-11-28(30)34/h5-11,18,20,23-25,27,32,41-42H,1,12-17,19,21-22H2,2-4H3,(H,43,45)(H,46,50)(H,47,51)(H,48,49). The molecular weight excluding hydrogens is 803 g/mol. The smallest absolute Gasteiger partial charge is 0.305 e. The van der Waals surface area contributed by atoms with Crippen molar-refractivity contribution in [1.82, 2.24) is 25.3 Å². The molecule has 2 aromatic heterocycles. The number of carboxylic acid groups (broad SMARTS) is 1. The number of rotatable bonds is 22. The Kier molecular flexibility index (Phi) is 14.0. The van der Waals surface area contributed by atoms with Crippen LogP contribution in [0.15, 0.2) is 71.5 Å². The fourth-order valence-electron chi connectivity index (χ4n) is 6.60. The van der Waals surface area contributed by atoms with E-state index < -0.39 is 51.4 Å². The first-order chi connectivity index (χ1) is 28.3. The van der Waals surface area contributed by atoms with Crippen molar-refractivity contribution >= 4 is 60.9 Å². The predicted octanol–water partition coefficient (Wildman–Crippen LogP) is 3.78. The van der Waals surface area contributed by atoms with Crippen LogP contribution in [0.25, 0.3) is 22.3 Å². The van der Waals surface area contributed by atoms with Gasteiger partial charge >= 0.3 is 5.97 Å². The molecule has 2 aromatic carbocycles. The van der Waals surface area contributed by atoms with Crippen molar-refractivity contribution < 1.29 is 46.9 Å². The maximum absolute atomic E-state index is 13.8. The summed E-state index contributed by atoms with van der Waals surface area (Å²) in [6.45, 7) is 9.17. The van der Waals surface area contributed by atoms with Crippen LogP contribution in [0.5, 0.6) is 11.5 Å². The number of para-hydroxylation sites is 1. The number of carboxylic acids is 1. The Hall–Kier alpha value is -5.34. The van der Waals surface area contributed by atoms with Gasteiger partial charge in [-0.25, -0.2) is 23.1 Å². The number of carbonyl (C=O) groups is 3. The molecule has 0 radical (unpaired) electrons. The first-order valence-electron chi connectivity index (χ1n) is 19.1. The lowest BCUT2D eigenvalue weighted by Crippen LogP contribution is -2.55. The predicted molar refractivity (Wildman–Crippen MR) is 222 cm³/mol. The van der Waals surface area contributed by atoms with E-state index in [0.29, 0.717) is 34.9 Å². The third-order valence-electron chi connectivity index (χ3n) is 9.71. The van der Waals surface area contributed by atoms with E-state index >= 15 is 0 Å². The van der Waals surface area contributed by atoms with Crippen LogP contribution in [0.3, 0.4) is 0 Å².